The second kappa shape index (κ2) is 4.35. The molecule has 5 nitrogen and oxygen atoms in total. The molecule has 5 heteroatoms. The fraction of sp³-hybridized carbons (Fsp3) is 0.500. The molecule has 0 bridgehead atoms. The molecule has 1 aromatic heterocycles. The molecule has 1 fully saturated rings. The molecule has 1 saturated heterocycles. The Hall–Kier alpha value is -1.49. The van der Waals surface area contributed by atoms with Crippen LogP contribution in [0.2, 0.25) is 0 Å². The predicted octanol–water partition coefficient (Wildman–Crippen LogP) is 1.20. The van der Waals surface area contributed by atoms with Crippen molar-refractivity contribution in [3.05, 3.63) is 12.1 Å². The van der Waals surface area contributed by atoms with Gasteiger partial charge in [0.25, 0.3) is 0 Å². The fourth-order valence-corrected chi connectivity index (χ4v) is 1.52. The van der Waals surface area contributed by atoms with Gasteiger partial charge in [-0.1, -0.05) is 0 Å². The van der Waals surface area contributed by atoms with E-state index in [0.29, 0.717) is 11.6 Å². The second-order valence-corrected chi connectivity index (χ2v) is 3.41. The van der Waals surface area contributed by atoms with Crippen LogP contribution in [0.15, 0.2) is 12.1 Å². The third kappa shape index (κ3) is 2.12. The summed E-state index contributed by atoms with van der Waals surface area (Å²) in [6.45, 7) is 1.61. The highest BCUT2D eigenvalue weighted by Gasteiger charge is 2.14. The summed E-state index contributed by atoms with van der Waals surface area (Å²) in [4.78, 5) is 9.75. The highest BCUT2D eigenvalue weighted by atomic mass is 16.7. The molecule has 0 amide bonds. The Kier molecular flexibility index (Phi) is 2.91. The maximum Gasteiger partial charge on any atom is 0.238 e. The van der Waals surface area contributed by atoms with Gasteiger partial charge >= 0.3 is 0 Å². The zero-order valence-electron chi connectivity index (χ0n) is 8.77. The monoisotopic (exact) mass is 209 g/mol. The number of aromatic nitrogens is 1. The van der Waals surface area contributed by atoms with Gasteiger partial charge in [0.05, 0.1) is 19.4 Å². The number of anilines is 2. The molecule has 0 radical (unpaired) electrons. The summed E-state index contributed by atoms with van der Waals surface area (Å²) in [5, 5.41) is 1.78. The molecule has 1 aliphatic rings. The van der Waals surface area contributed by atoms with Crippen molar-refractivity contribution in [2.24, 2.45) is 0 Å². The van der Waals surface area contributed by atoms with Gasteiger partial charge in [-0.3, -0.25) is 4.84 Å². The second-order valence-electron chi connectivity index (χ2n) is 3.41. The van der Waals surface area contributed by atoms with Gasteiger partial charge in [0.1, 0.15) is 0 Å². The van der Waals surface area contributed by atoms with E-state index in [2.05, 4.69) is 4.98 Å². The lowest BCUT2D eigenvalue weighted by Gasteiger charge is -2.26. The molecule has 0 aliphatic carbocycles. The summed E-state index contributed by atoms with van der Waals surface area (Å²) < 4.78 is 5.06. The number of ether oxygens (including phenoxy) is 1. The van der Waals surface area contributed by atoms with Gasteiger partial charge in [0.15, 0.2) is 5.82 Å². The Morgan fingerprint density at radius 2 is 2.33 bits per heavy atom. The van der Waals surface area contributed by atoms with Crippen molar-refractivity contribution in [2.75, 3.05) is 31.1 Å². The van der Waals surface area contributed by atoms with Crippen molar-refractivity contribution in [1.29, 1.82) is 0 Å². The van der Waals surface area contributed by atoms with E-state index in [0.717, 1.165) is 31.8 Å². The molecule has 0 saturated carbocycles. The minimum absolute atomic E-state index is 0.446. The SMILES string of the molecule is COc1nc(N2CCCCO2)ccc1N. The van der Waals surface area contributed by atoms with E-state index in [4.69, 9.17) is 15.3 Å². The van der Waals surface area contributed by atoms with Crippen molar-refractivity contribution in [3.63, 3.8) is 0 Å². The van der Waals surface area contributed by atoms with Gasteiger partial charge in [0, 0.05) is 6.54 Å². The van der Waals surface area contributed by atoms with Crippen LogP contribution < -0.4 is 15.5 Å². The normalized spacial score (nSPS) is 16.5. The highest BCUT2D eigenvalue weighted by Crippen LogP contribution is 2.24. The van der Waals surface area contributed by atoms with Gasteiger partial charge in [-0.05, 0) is 25.0 Å². The molecule has 2 N–H and O–H groups in total. The third-order valence-electron chi connectivity index (χ3n) is 2.33. The zero-order chi connectivity index (χ0) is 10.7. The first-order valence-electron chi connectivity index (χ1n) is 5.02. The number of hydrogen-bond donors (Lipinski definition) is 1. The maximum absolute atomic E-state index is 5.68. The lowest BCUT2D eigenvalue weighted by atomic mass is 10.3. The molecule has 1 aromatic rings. The van der Waals surface area contributed by atoms with Crippen molar-refractivity contribution in [2.45, 2.75) is 12.8 Å². The molecule has 0 unspecified atom stereocenters. The number of nitrogens with two attached hydrogens (primary N) is 1. The van der Waals surface area contributed by atoms with Crippen LogP contribution in [0, 0.1) is 0 Å². The van der Waals surface area contributed by atoms with Crippen LogP contribution >= 0.6 is 0 Å². The van der Waals surface area contributed by atoms with E-state index < -0.39 is 0 Å². The van der Waals surface area contributed by atoms with Crippen molar-refractivity contribution < 1.29 is 9.57 Å². The molecule has 1 aliphatic heterocycles. The van der Waals surface area contributed by atoms with Crippen molar-refractivity contribution in [1.82, 2.24) is 4.98 Å². The topological polar surface area (TPSA) is 60.6 Å². The van der Waals surface area contributed by atoms with E-state index in [9.17, 15) is 0 Å². The van der Waals surface area contributed by atoms with Crippen molar-refractivity contribution in [3.8, 4) is 5.88 Å². The summed E-state index contributed by atoms with van der Waals surface area (Å²) >= 11 is 0. The molecule has 82 valence electrons. The summed E-state index contributed by atoms with van der Waals surface area (Å²) in [5.41, 5.74) is 6.22. The van der Waals surface area contributed by atoms with E-state index in [1.165, 1.54) is 0 Å². The number of nitrogens with zero attached hydrogens (tertiary/aromatic N) is 2. The summed E-state index contributed by atoms with van der Waals surface area (Å²) in [6.07, 6.45) is 2.22. The highest BCUT2D eigenvalue weighted by molar-refractivity contribution is 5.53. The number of methoxy groups -OCH3 is 1. The Balaban J connectivity index is 2.20. The average molecular weight is 209 g/mol. The van der Waals surface area contributed by atoms with Crippen LogP contribution in [0.25, 0.3) is 0 Å². The lowest BCUT2D eigenvalue weighted by molar-refractivity contribution is 0.0759. The molecular weight excluding hydrogens is 194 g/mol. The van der Waals surface area contributed by atoms with Gasteiger partial charge in [0.2, 0.25) is 5.88 Å². The largest absolute Gasteiger partial charge is 0.479 e. The third-order valence-corrected chi connectivity index (χ3v) is 2.33. The van der Waals surface area contributed by atoms with Gasteiger partial charge in [-0.15, -0.1) is 0 Å². The minimum Gasteiger partial charge on any atom is -0.479 e. The first-order valence-corrected chi connectivity index (χ1v) is 5.02. The number of pyridine rings is 1. The summed E-state index contributed by atoms with van der Waals surface area (Å²) in [5.74, 6) is 1.20. The maximum atomic E-state index is 5.68. The quantitative estimate of drug-likeness (QED) is 0.793. The van der Waals surface area contributed by atoms with Crippen LogP contribution in [0.4, 0.5) is 11.5 Å². The van der Waals surface area contributed by atoms with E-state index >= 15 is 0 Å². The Morgan fingerprint density at radius 1 is 1.47 bits per heavy atom. The Morgan fingerprint density at radius 3 is 3.00 bits per heavy atom. The van der Waals surface area contributed by atoms with E-state index in [1.807, 2.05) is 6.07 Å². The molecule has 0 aromatic carbocycles. The molecule has 15 heavy (non-hydrogen) atoms. The minimum atomic E-state index is 0.446. The van der Waals surface area contributed by atoms with Gasteiger partial charge < -0.3 is 10.5 Å². The summed E-state index contributed by atoms with van der Waals surface area (Å²) in [7, 11) is 1.56. The Labute approximate surface area is 88.8 Å². The van der Waals surface area contributed by atoms with Crippen LogP contribution in [-0.2, 0) is 4.84 Å². The van der Waals surface area contributed by atoms with Crippen LogP contribution in [0.3, 0.4) is 0 Å². The van der Waals surface area contributed by atoms with E-state index in [-0.39, 0.29) is 0 Å². The van der Waals surface area contributed by atoms with Crippen LogP contribution in [0.1, 0.15) is 12.8 Å². The number of nitrogen functional groups attached to an aromatic ring is 1. The molecular formula is C10H15N3O2. The standard InChI is InChI=1S/C10H15N3O2/c1-14-10-8(11)4-5-9(12-10)13-6-2-3-7-15-13/h4-5H,2-3,6-7,11H2,1H3. The van der Waals surface area contributed by atoms with Crippen LogP contribution in [0.5, 0.6) is 5.88 Å². The molecule has 2 heterocycles. The lowest BCUT2D eigenvalue weighted by Crippen LogP contribution is -2.30. The van der Waals surface area contributed by atoms with Crippen LogP contribution in [-0.4, -0.2) is 25.2 Å². The Bertz CT molecular complexity index is 337. The molecule has 2 rings (SSSR count). The summed E-state index contributed by atoms with van der Waals surface area (Å²) in [6, 6.07) is 3.61. The fourth-order valence-electron chi connectivity index (χ4n) is 1.52. The number of hydroxylamine groups is 1. The van der Waals surface area contributed by atoms with Gasteiger partial charge in [-0.25, -0.2) is 5.06 Å². The molecule has 0 atom stereocenters. The number of hydrogen-bond acceptors (Lipinski definition) is 5. The van der Waals surface area contributed by atoms with E-state index in [1.54, 1.807) is 18.2 Å². The number of rotatable bonds is 2. The first-order chi connectivity index (χ1) is 7.31. The smallest absolute Gasteiger partial charge is 0.238 e. The predicted molar refractivity (Wildman–Crippen MR) is 57.7 cm³/mol. The zero-order valence-corrected chi connectivity index (χ0v) is 8.77. The molecule has 0 spiro atoms. The average Bonchev–Trinajstić information content (AvgIpc) is 2.31. The van der Waals surface area contributed by atoms with Gasteiger partial charge in [-0.2, -0.15) is 4.98 Å². The van der Waals surface area contributed by atoms with Crippen molar-refractivity contribution >= 4 is 11.5 Å². The first kappa shape index (κ1) is 10.0.